The first-order chi connectivity index (χ1) is 6.18. The molecule has 0 saturated carbocycles. The van der Waals surface area contributed by atoms with Crippen molar-refractivity contribution in [3.8, 4) is 11.5 Å². The van der Waals surface area contributed by atoms with Gasteiger partial charge in [0.05, 0.1) is 11.8 Å². The van der Waals surface area contributed by atoms with Gasteiger partial charge in [-0.15, -0.1) is 0 Å². The van der Waals surface area contributed by atoms with Crippen LogP contribution in [0.25, 0.3) is 11.5 Å². The summed E-state index contributed by atoms with van der Waals surface area (Å²) in [7, 11) is 1.84. The number of hydrogen-bond donors (Lipinski definition) is 0. The van der Waals surface area contributed by atoms with E-state index in [1.807, 2.05) is 14.0 Å². The Morgan fingerprint density at radius 1 is 1.54 bits per heavy atom. The van der Waals surface area contributed by atoms with Crippen molar-refractivity contribution in [2.75, 3.05) is 0 Å². The van der Waals surface area contributed by atoms with Gasteiger partial charge < -0.3 is 4.52 Å². The van der Waals surface area contributed by atoms with Crippen molar-refractivity contribution in [3.05, 3.63) is 17.2 Å². The summed E-state index contributed by atoms with van der Waals surface area (Å²) in [5, 5.41) is 7.64. The van der Waals surface area contributed by atoms with Gasteiger partial charge in [-0.25, -0.2) is 0 Å². The highest BCUT2D eigenvalue weighted by Gasteiger charge is 2.12. The zero-order valence-electron chi connectivity index (χ0n) is 7.15. The summed E-state index contributed by atoms with van der Waals surface area (Å²) in [5.41, 5.74) is 1.77. The van der Waals surface area contributed by atoms with E-state index in [0.717, 1.165) is 11.3 Å². The van der Waals surface area contributed by atoms with Gasteiger partial charge in [0.15, 0.2) is 0 Å². The molecule has 0 aliphatic heterocycles. The summed E-state index contributed by atoms with van der Waals surface area (Å²) >= 11 is 5.53. The lowest BCUT2D eigenvalue weighted by atomic mass is 10.3. The minimum Gasteiger partial charge on any atom is -0.333 e. The Kier molecular flexibility index (Phi) is 1.81. The molecule has 0 amide bonds. The van der Waals surface area contributed by atoms with Crippen LogP contribution in [0.3, 0.4) is 0 Å². The van der Waals surface area contributed by atoms with Gasteiger partial charge in [-0.05, 0) is 23.7 Å². The summed E-state index contributed by atoms with van der Waals surface area (Å²) in [6, 6.07) is 0. The standard InChI is InChI=1S/C7H7ClN4O/c1-4-5(3-9-12(4)2)6-10-7(8)11-13-6/h3H,1-2H3. The van der Waals surface area contributed by atoms with E-state index in [1.54, 1.807) is 10.9 Å². The zero-order valence-corrected chi connectivity index (χ0v) is 7.91. The molecule has 0 fully saturated rings. The van der Waals surface area contributed by atoms with Crippen LogP contribution in [0.4, 0.5) is 0 Å². The maximum absolute atomic E-state index is 5.53. The Labute approximate surface area is 79.3 Å². The minimum atomic E-state index is 0.109. The number of rotatable bonds is 1. The van der Waals surface area contributed by atoms with E-state index >= 15 is 0 Å². The van der Waals surface area contributed by atoms with E-state index in [2.05, 4.69) is 15.2 Å². The van der Waals surface area contributed by atoms with Gasteiger partial charge in [-0.3, -0.25) is 4.68 Å². The van der Waals surface area contributed by atoms with E-state index in [4.69, 9.17) is 16.1 Å². The van der Waals surface area contributed by atoms with Crippen LogP contribution in [0.1, 0.15) is 5.69 Å². The molecule has 0 saturated heterocycles. The van der Waals surface area contributed by atoms with Gasteiger partial charge in [0.25, 0.3) is 11.2 Å². The average molecular weight is 199 g/mol. The van der Waals surface area contributed by atoms with Crippen LogP contribution in [0.15, 0.2) is 10.7 Å². The Morgan fingerprint density at radius 3 is 2.77 bits per heavy atom. The van der Waals surface area contributed by atoms with Crippen LogP contribution in [0.5, 0.6) is 0 Å². The van der Waals surface area contributed by atoms with E-state index in [-0.39, 0.29) is 5.28 Å². The predicted octanol–water partition coefficient (Wildman–Crippen LogP) is 1.43. The van der Waals surface area contributed by atoms with E-state index in [1.165, 1.54) is 0 Å². The lowest BCUT2D eigenvalue weighted by Crippen LogP contribution is -1.92. The van der Waals surface area contributed by atoms with Crippen molar-refractivity contribution < 1.29 is 4.52 Å². The smallest absolute Gasteiger partial charge is 0.264 e. The normalized spacial score (nSPS) is 10.7. The fourth-order valence-corrected chi connectivity index (χ4v) is 1.13. The van der Waals surface area contributed by atoms with Crippen LogP contribution >= 0.6 is 11.6 Å². The fourth-order valence-electron chi connectivity index (χ4n) is 1.02. The molecule has 0 bridgehead atoms. The molecule has 2 aromatic heterocycles. The largest absolute Gasteiger partial charge is 0.333 e. The van der Waals surface area contributed by atoms with Crippen molar-refractivity contribution in [2.45, 2.75) is 6.92 Å². The molecule has 6 heteroatoms. The Morgan fingerprint density at radius 2 is 2.31 bits per heavy atom. The lowest BCUT2D eigenvalue weighted by molar-refractivity contribution is 0.430. The van der Waals surface area contributed by atoms with Gasteiger partial charge in [0, 0.05) is 12.7 Å². The zero-order chi connectivity index (χ0) is 9.42. The Balaban J connectivity index is 2.52. The average Bonchev–Trinajstić information content (AvgIpc) is 2.62. The molecule has 0 spiro atoms. The second-order valence-electron chi connectivity index (χ2n) is 2.64. The van der Waals surface area contributed by atoms with Gasteiger partial charge in [-0.1, -0.05) is 0 Å². The Hall–Kier alpha value is -1.36. The molecule has 2 rings (SSSR count). The maximum atomic E-state index is 5.53. The molecule has 2 aromatic rings. The van der Waals surface area contributed by atoms with E-state index in [9.17, 15) is 0 Å². The molecule has 5 nitrogen and oxygen atoms in total. The maximum Gasteiger partial charge on any atom is 0.264 e. The highest BCUT2D eigenvalue weighted by Crippen LogP contribution is 2.21. The summed E-state index contributed by atoms with van der Waals surface area (Å²) < 4.78 is 6.63. The number of nitrogens with zero attached hydrogens (tertiary/aromatic N) is 4. The molecule has 0 unspecified atom stereocenters. The highest BCUT2D eigenvalue weighted by molar-refractivity contribution is 6.28. The van der Waals surface area contributed by atoms with Gasteiger partial charge in [0.2, 0.25) is 0 Å². The second-order valence-corrected chi connectivity index (χ2v) is 2.97. The molecular weight excluding hydrogens is 192 g/mol. The Bertz CT molecular complexity index is 433. The third-order valence-corrected chi connectivity index (χ3v) is 2.02. The molecule has 0 atom stereocenters. The van der Waals surface area contributed by atoms with Crippen molar-refractivity contribution in [1.82, 2.24) is 19.9 Å². The summed E-state index contributed by atoms with van der Waals surface area (Å²) in [5.74, 6) is 0.399. The fraction of sp³-hybridized carbons (Fsp3) is 0.286. The molecule has 0 aromatic carbocycles. The van der Waals surface area contributed by atoms with Gasteiger partial charge in [0.1, 0.15) is 0 Å². The summed E-state index contributed by atoms with van der Waals surface area (Å²) in [4.78, 5) is 3.89. The molecule has 68 valence electrons. The second kappa shape index (κ2) is 2.85. The van der Waals surface area contributed by atoms with Crippen molar-refractivity contribution in [3.63, 3.8) is 0 Å². The lowest BCUT2D eigenvalue weighted by Gasteiger charge is -1.93. The molecule has 0 aliphatic rings. The van der Waals surface area contributed by atoms with Crippen LogP contribution < -0.4 is 0 Å². The minimum absolute atomic E-state index is 0.109. The quantitative estimate of drug-likeness (QED) is 0.696. The van der Waals surface area contributed by atoms with E-state index in [0.29, 0.717) is 5.89 Å². The summed E-state index contributed by atoms with van der Waals surface area (Å²) in [6.07, 6.45) is 1.67. The predicted molar refractivity (Wildman–Crippen MR) is 46.2 cm³/mol. The SMILES string of the molecule is Cc1c(-c2nc(Cl)no2)cnn1C. The molecule has 0 N–H and O–H groups in total. The number of hydrogen-bond acceptors (Lipinski definition) is 4. The van der Waals surface area contributed by atoms with Crippen molar-refractivity contribution in [2.24, 2.45) is 7.05 Å². The van der Waals surface area contributed by atoms with E-state index < -0.39 is 0 Å². The first-order valence-corrected chi connectivity index (χ1v) is 4.04. The first-order valence-electron chi connectivity index (χ1n) is 3.66. The number of halogens is 1. The summed E-state index contributed by atoms with van der Waals surface area (Å²) in [6.45, 7) is 1.92. The number of aromatic nitrogens is 4. The molecule has 0 aliphatic carbocycles. The first kappa shape index (κ1) is 8.25. The van der Waals surface area contributed by atoms with Gasteiger partial charge in [-0.2, -0.15) is 10.1 Å². The van der Waals surface area contributed by atoms with Crippen molar-refractivity contribution >= 4 is 11.6 Å². The monoisotopic (exact) mass is 198 g/mol. The molecular formula is C7H7ClN4O. The third-order valence-electron chi connectivity index (χ3n) is 1.87. The molecule has 13 heavy (non-hydrogen) atoms. The highest BCUT2D eigenvalue weighted by atomic mass is 35.5. The topological polar surface area (TPSA) is 56.7 Å². The van der Waals surface area contributed by atoms with Crippen molar-refractivity contribution in [1.29, 1.82) is 0 Å². The third kappa shape index (κ3) is 1.31. The molecule has 2 heterocycles. The van der Waals surface area contributed by atoms with Crippen LogP contribution in [0.2, 0.25) is 5.28 Å². The van der Waals surface area contributed by atoms with Crippen LogP contribution in [0, 0.1) is 6.92 Å². The molecule has 0 radical (unpaired) electrons. The van der Waals surface area contributed by atoms with Gasteiger partial charge >= 0.3 is 0 Å². The number of aryl methyl sites for hydroxylation is 1. The van der Waals surface area contributed by atoms with Crippen LogP contribution in [-0.2, 0) is 7.05 Å². The van der Waals surface area contributed by atoms with Crippen LogP contribution in [-0.4, -0.2) is 19.9 Å².